The smallest absolute Gasteiger partial charge is 0.0649 e. The van der Waals surface area contributed by atoms with Gasteiger partial charge in [0.05, 0.1) is 7.85 Å². The van der Waals surface area contributed by atoms with Crippen molar-refractivity contribution in [2.24, 2.45) is 0 Å². The van der Waals surface area contributed by atoms with Crippen molar-refractivity contribution in [1.29, 1.82) is 0 Å². The van der Waals surface area contributed by atoms with E-state index in [1.165, 1.54) is 10.6 Å². The van der Waals surface area contributed by atoms with E-state index >= 15 is 0 Å². The standard InChI is InChI=1S/C12H11P.C2H5B/c1-3-7-11(8-4-1)13-12-9-5-2-6-10-12;1-2-3/h1-10,13H;2H2,1H3. The Kier molecular flexibility index (Phi) is 6.61. The summed E-state index contributed by atoms with van der Waals surface area (Å²) in [7, 11) is 5.62. The molecule has 0 fully saturated rings. The van der Waals surface area contributed by atoms with Crippen LogP contribution in [0, 0.1) is 0 Å². The zero-order valence-electron chi connectivity index (χ0n) is 9.56. The van der Waals surface area contributed by atoms with E-state index in [0.717, 1.165) is 14.9 Å². The quantitative estimate of drug-likeness (QED) is 0.545. The summed E-state index contributed by atoms with van der Waals surface area (Å²) in [5.41, 5.74) is 0. The summed E-state index contributed by atoms with van der Waals surface area (Å²) in [5, 5.41) is 2.79. The van der Waals surface area contributed by atoms with Crippen molar-refractivity contribution >= 4 is 27.0 Å². The molecule has 0 nitrogen and oxygen atoms in total. The zero-order valence-corrected chi connectivity index (χ0v) is 10.6. The largest absolute Gasteiger partial charge is 0.0915 e. The second-order valence-corrected chi connectivity index (χ2v) is 4.67. The molecule has 0 saturated carbocycles. The van der Waals surface area contributed by atoms with Crippen LogP contribution < -0.4 is 10.6 Å². The minimum Gasteiger partial charge on any atom is -0.0915 e. The van der Waals surface area contributed by atoms with E-state index in [-0.39, 0.29) is 0 Å². The van der Waals surface area contributed by atoms with E-state index in [2.05, 4.69) is 60.7 Å². The SMILES string of the molecule is [B]CC.c1ccc(Pc2ccccc2)cc1. The van der Waals surface area contributed by atoms with E-state index in [9.17, 15) is 0 Å². The predicted octanol–water partition coefficient (Wildman–Crippen LogP) is 2.91. The highest BCUT2D eigenvalue weighted by Crippen LogP contribution is 2.08. The van der Waals surface area contributed by atoms with E-state index in [1.807, 2.05) is 6.92 Å². The van der Waals surface area contributed by atoms with Crippen LogP contribution in [-0.2, 0) is 0 Å². The van der Waals surface area contributed by atoms with Crippen molar-refractivity contribution in [3.8, 4) is 0 Å². The Bertz CT molecular complexity index is 335. The summed E-state index contributed by atoms with van der Waals surface area (Å²) in [5.74, 6) is 0. The zero-order chi connectivity index (χ0) is 11.6. The summed E-state index contributed by atoms with van der Waals surface area (Å²) < 4.78 is 0. The molecule has 0 aromatic heterocycles. The lowest BCUT2D eigenvalue weighted by atomic mass is 10.1. The van der Waals surface area contributed by atoms with Crippen molar-refractivity contribution in [2.45, 2.75) is 13.2 Å². The molecule has 0 aliphatic carbocycles. The highest BCUT2D eigenvalue weighted by molar-refractivity contribution is 7.55. The van der Waals surface area contributed by atoms with Crippen molar-refractivity contribution in [3.05, 3.63) is 60.7 Å². The van der Waals surface area contributed by atoms with Gasteiger partial charge in [-0.1, -0.05) is 82.5 Å². The van der Waals surface area contributed by atoms with E-state index in [0.29, 0.717) is 0 Å². The van der Waals surface area contributed by atoms with E-state index < -0.39 is 0 Å². The first-order valence-electron chi connectivity index (χ1n) is 5.44. The third kappa shape index (κ3) is 5.14. The molecular formula is C14H16BP. The van der Waals surface area contributed by atoms with Gasteiger partial charge in [0.25, 0.3) is 0 Å². The van der Waals surface area contributed by atoms with Gasteiger partial charge in [-0.15, -0.1) is 0 Å². The maximum Gasteiger partial charge on any atom is 0.0649 e. The Morgan fingerprint density at radius 3 is 1.44 bits per heavy atom. The van der Waals surface area contributed by atoms with Gasteiger partial charge in [-0.25, -0.2) is 0 Å². The van der Waals surface area contributed by atoms with E-state index in [4.69, 9.17) is 7.85 Å². The van der Waals surface area contributed by atoms with Crippen molar-refractivity contribution < 1.29 is 0 Å². The van der Waals surface area contributed by atoms with Crippen LogP contribution in [0.4, 0.5) is 0 Å². The molecular weight excluding hydrogens is 210 g/mol. The molecule has 0 bridgehead atoms. The van der Waals surface area contributed by atoms with Crippen LogP contribution in [0.15, 0.2) is 60.7 Å². The minimum atomic E-state index is 0.750. The van der Waals surface area contributed by atoms with Crippen LogP contribution in [0.25, 0.3) is 0 Å². The fraction of sp³-hybridized carbons (Fsp3) is 0.143. The fourth-order valence-corrected chi connectivity index (χ4v) is 2.26. The molecule has 2 aromatic carbocycles. The van der Waals surface area contributed by atoms with Crippen LogP contribution in [0.1, 0.15) is 6.92 Å². The summed E-state index contributed by atoms with van der Waals surface area (Å²) in [4.78, 5) is 0. The molecule has 0 saturated heterocycles. The van der Waals surface area contributed by atoms with Crippen molar-refractivity contribution in [3.63, 3.8) is 0 Å². The molecule has 0 unspecified atom stereocenters. The summed E-state index contributed by atoms with van der Waals surface area (Å²) in [6.07, 6.45) is 0.750. The molecule has 0 amide bonds. The number of rotatable bonds is 2. The highest BCUT2D eigenvalue weighted by atomic mass is 31.1. The molecule has 0 aliphatic heterocycles. The highest BCUT2D eigenvalue weighted by Gasteiger charge is 1.92. The lowest BCUT2D eigenvalue weighted by Crippen LogP contribution is -2.01. The Hall–Kier alpha value is -1.07. The van der Waals surface area contributed by atoms with Gasteiger partial charge in [0.1, 0.15) is 0 Å². The van der Waals surface area contributed by atoms with Gasteiger partial charge < -0.3 is 0 Å². The van der Waals surface area contributed by atoms with Crippen molar-refractivity contribution in [2.75, 3.05) is 0 Å². The first-order chi connectivity index (χ1) is 7.86. The van der Waals surface area contributed by atoms with Gasteiger partial charge in [-0.3, -0.25) is 0 Å². The van der Waals surface area contributed by atoms with Crippen LogP contribution in [-0.4, -0.2) is 7.85 Å². The van der Waals surface area contributed by atoms with Crippen LogP contribution in [0.5, 0.6) is 0 Å². The maximum absolute atomic E-state index is 4.85. The molecule has 2 aromatic rings. The van der Waals surface area contributed by atoms with Gasteiger partial charge in [0.2, 0.25) is 0 Å². The molecule has 0 N–H and O–H groups in total. The Balaban J connectivity index is 0.000000386. The second-order valence-electron chi connectivity index (χ2n) is 3.27. The number of hydrogen-bond donors (Lipinski definition) is 0. The fourth-order valence-electron chi connectivity index (χ4n) is 1.21. The van der Waals surface area contributed by atoms with Gasteiger partial charge in [0, 0.05) is 0 Å². The molecule has 2 radical (unpaired) electrons. The molecule has 16 heavy (non-hydrogen) atoms. The Morgan fingerprint density at radius 2 is 1.12 bits per heavy atom. The lowest BCUT2D eigenvalue weighted by Gasteiger charge is -2.00. The topological polar surface area (TPSA) is 0 Å². The Morgan fingerprint density at radius 1 is 0.812 bits per heavy atom. The van der Waals surface area contributed by atoms with E-state index in [1.54, 1.807) is 0 Å². The monoisotopic (exact) mass is 226 g/mol. The van der Waals surface area contributed by atoms with Crippen LogP contribution in [0.2, 0.25) is 6.32 Å². The number of hydrogen-bond acceptors (Lipinski definition) is 0. The first kappa shape index (κ1) is 13.0. The molecule has 0 spiro atoms. The molecule has 0 heterocycles. The summed E-state index contributed by atoms with van der Waals surface area (Å²) in [6, 6.07) is 21.2. The maximum atomic E-state index is 4.85. The molecule has 2 heteroatoms. The van der Waals surface area contributed by atoms with Gasteiger partial charge in [-0.2, -0.15) is 0 Å². The normalized spacial score (nSPS) is 9.06. The average Bonchev–Trinajstić information content (AvgIpc) is 2.33. The Labute approximate surface area is 101 Å². The first-order valence-corrected chi connectivity index (χ1v) is 6.44. The lowest BCUT2D eigenvalue weighted by molar-refractivity contribution is 1.48. The van der Waals surface area contributed by atoms with Gasteiger partial charge in [0.15, 0.2) is 0 Å². The predicted molar refractivity (Wildman–Crippen MR) is 76.7 cm³/mol. The van der Waals surface area contributed by atoms with Crippen LogP contribution in [0.3, 0.4) is 0 Å². The average molecular weight is 226 g/mol. The third-order valence-corrected chi connectivity index (χ3v) is 3.08. The van der Waals surface area contributed by atoms with Crippen LogP contribution >= 0.6 is 8.58 Å². The molecule has 80 valence electrons. The second kappa shape index (κ2) is 8.13. The molecule has 0 atom stereocenters. The third-order valence-electron chi connectivity index (χ3n) is 1.84. The minimum absolute atomic E-state index is 0.750. The molecule has 0 aliphatic rings. The van der Waals surface area contributed by atoms with Gasteiger partial charge in [-0.05, 0) is 10.6 Å². The summed E-state index contributed by atoms with van der Waals surface area (Å²) >= 11 is 0. The van der Waals surface area contributed by atoms with Gasteiger partial charge >= 0.3 is 0 Å². The summed E-state index contributed by atoms with van der Waals surface area (Å²) in [6.45, 7) is 1.90. The molecule has 2 rings (SSSR count). The number of benzene rings is 2. The van der Waals surface area contributed by atoms with Crippen molar-refractivity contribution in [1.82, 2.24) is 0 Å².